The van der Waals surface area contributed by atoms with Gasteiger partial charge in [0.15, 0.2) is 11.6 Å². The summed E-state index contributed by atoms with van der Waals surface area (Å²) in [7, 11) is 1.62. The summed E-state index contributed by atoms with van der Waals surface area (Å²) in [6, 6.07) is 8.77. The standard InChI is InChI=1S/C11H12N4O2/c1-15-13-10(12-14-15)7-9(16)11(17)8-5-3-2-4-6-8/h2-6,11,17H,7H2,1H3. The summed E-state index contributed by atoms with van der Waals surface area (Å²) in [6.07, 6.45) is -1.16. The molecule has 0 fully saturated rings. The Morgan fingerprint density at radius 3 is 2.71 bits per heavy atom. The van der Waals surface area contributed by atoms with E-state index in [-0.39, 0.29) is 12.2 Å². The van der Waals surface area contributed by atoms with Gasteiger partial charge in [-0.2, -0.15) is 4.80 Å². The number of aliphatic hydroxyl groups is 1. The Bertz CT molecular complexity index is 509. The normalized spacial score (nSPS) is 12.4. The van der Waals surface area contributed by atoms with Crippen LogP contribution in [0.2, 0.25) is 0 Å². The number of aryl methyl sites for hydroxylation is 1. The maximum Gasteiger partial charge on any atom is 0.182 e. The summed E-state index contributed by atoms with van der Waals surface area (Å²) in [6.45, 7) is 0. The highest BCUT2D eigenvalue weighted by Gasteiger charge is 2.19. The topological polar surface area (TPSA) is 80.9 Å². The first-order valence-electron chi connectivity index (χ1n) is 5.15. The maximum atomic E-state index is 11.8. The minimum Gasteiger partial charge on any atom is -0.381 e. The van der Waals surface area contributed by atoms with Gasteiger partial charge in [-0.25, -0.2) is 0 Å². The third kappa shape index (κ3) is 2.73. The van der Waals surface area contributed by atoms with E-state index in [1.165, 1.54) is 4.80 Å². The Kier molecular flexibility index (Phi) is 3.24. The smallest absolute Gasteiger partial charge is 0.182 e. The second kappa shape index (κ2) is 4.84. The van der Waals surface area contributed by atoms with Crippen LogP contribution < -0.4 is 0 Å². The summed E-state index contributed by atoms with van der Waals surface area (Å²) in [5, 5.41) is 21.0. The molecule has 1 atom stereocenters. The van der Waals surface area contributed by atoms with Crippen molar-refractivity contribution in [2.75, 3.05) is 0 Å². The molecule has 1 heterocycles. The van der Waals surface area contributed by atoms with Gasteiger partial charge in [0.1, 0.15) is 6.10 Å². The van der Waals surface area contributed by atoms with Crippen LogP contribution >= 0.6 is 0 Å². The number of Topliss-reactive ketones (excluding diaryl/α,β-unsaturated/α-hetero) is 1. The van der Waals surface area contributed by atoms with Crippen LogP contribution in [-0.4, -0.2) is 31.1 Å². The summed E-state index contributed by atoms with van der Waals surface area (Å²) in [4.78, 5) is 13.0. The molecule has 2 rings (SSSR count). The Morgan fingerprint density at radius 1 is 1.41 bits per heavy atom. The molecule has 1 aromatic carbocycles. The molecule has 1 unspecified atom stereocenters. The largest absolute Gasteiger partial charge is 0.381 e. The van der Waals surface area contributed by atoms with Gasteiger partial charge in [0.2, 0.25) is 0 Å². The van der Waals surface area contributed by atoms with E-state index in [0.29, 0.717) is 11.4 Å². The zero-order valence-corrected chi connectivity index (χ0v) is 9.32. The van der Waals surface area contributed by atoms with Crippen molar-refractivity contribution in [1.82, 2.24) is 20.2 Å². The molecule has 0 aliphatic carbocycles. The van der Waals surface area contributed by atoms with Crippen LogP contribution in [0.25, 0.3) is 0 Å². The molecule has 0 radical (unpaired) electrons. The molecule has 0 saturated heterocycles. The van der Waals surface area contributed by atoms with Gasteiger partial charge in [-0.3, -0.25) is 4.79 Å². The molecular formula is C11H12N4O2. The molecule has 0 saturated carbocycles. The van der Waals surface area contributed by atoms with Crippen molar-refractivity contribution in [3.05, 3.63) is 41.7 Å². The Balaban J connectivity index is 2.06. The number of hydrogen-bond donors (Lipinski definition) is 1. The summed E-state index contributed by atoms with van der Waals surface area (Å²) in [5.74, 6) is -0.0309. The molecule has 2 aromatic rings. The van der Waals surface area contributed by atoms with Crippen molar-refractivity contribution < 1.29 is 9.90 Å². The molecule has 0 aliphatic rings. The lowest BCUT2D eigenvalue weighted by Gasteiger charge is -2.07. The lowest BCUT2D eigenvalue weighted by Crippen LogP contribution is -2.15. The quantitative estimate of drug-likeness (QED) is 0.805. The minimum atomic E-state index is -1.14. The first-order chi connectivity index (χ1) is 8.16. The molecule has 0 amide bonds. The van der Waals surface area contributed by atoms with Crippen molar-refractivity contribution in [2.24, 2.45) is 7.05 Å². The third-order valence-electron chi connectivity index (χ3n) is 2.30. The number of aliphatic hydroxyl groups excluding tert-OH is 1. The summed E-state index contributed by atoms with van der Waals surface area (Å²) >= 11 is 0. The number of rotatable bonds is 4. The molecule has 88 valence electrons. The maximum absolute atomic E-state index is 11.8. The van der Waals surface area contributed by atoms with E-state index >= 15 is 0 Å². The van der Waals surface area contributed by atoms with E-state index in [1.54, 1.807) is 31.3 Å². The molecule has 17 heavy (non-hydrogen) atoms. The van der Waals surface area contributed by atoms with Gasteiger partial charge >= 0.3 is 0 Å². The fourth-order valence-corrected chi connectivity index (χ4v) is 1.47. The van der Waals surface area contributed by atoms with Crippen LogP contribution in [0.1, 0.15) is 17.5 Å². The van der Waals surface area contributed by atoms with Crippen LogP contribution in [0.15, 0.2) is 30.3 Å². The van der Waals surface area contributed by atoms with Gasteiger partial charge in [0.25, 0.3) is 0 Å². The molecule has 0 aliphatic heterocycles. The number of carbonyl (C=O) groups excluding carboxylic acids is 1. The molecule has 6 nitrogen and oxygen atoms in total. The van der Waals surface area contributed by atoms with Crippen molar-refractivity contribution in [1.29, 1.82) is 0 Å². The molecule has 1 N–H and O–H groups in total. The van der Waals surface area contributed by atoms with Crippen molar-refractivity contribution in [3.63, 3.8) is 0 Å². The third-order valence-corrected chi connectivity index (χ3v) is 2.30. The number of tetrazole rings is 1. The summed E-state index contributed by atoms with van der Waals surface area (Å²) in [5.41, 5.74) is 0.571. The monoisotopic (exact) mass is 232 g/mol. The van der Waals surface area contributed by atoms with E-state index in [4.69, 9.17) is 0 Å². The minimum absolute atomic E-state index is 0.0239. The first-order valence-corrected chi connectivity index (χ1v) is 5.15. The van der Waals surface area contributed by atoms with Crippen molar-refractivity contribution in [3.8, 4) is 0 Å². The predicted octanol–water partition coefficient (Wildman–Crippen LogP) is 0.0553. The molecule has 1 aromatic heterocycles. The SMILES string of the molecule is Cn1nnc(CC(=O)C(O)c2ccccc2)n1. The van der Waals surface area contributed by atoms with Gasteiger partial charge in [0.05, 0.1) is 13.5 Å². The Hall–Kier alpha value is -2.08. The number of ketones is 1. The fourth-order valence-electron chi connectivity index (χ4n) is 1.47. The number of aromatic nitrogens is 4. The Morgan fingerprint density at radius 2 is 2.12 bits per heavy atom. The van der Waals surface area contributed by atoms with E-state index < -0.39 is 6.10 Å². The van der Waals surface area contributed by atoms with Crippen LogP contribution in [0, 0.1) is 0 Å². The first kappa shape index (κ1) is 11.4. The highest BCUT2D eigenvalue weighted by atomic mass is 16.3. The van der Waals surface area contributed by atoms with Crippen molar-refractivity contribution in [2.45, 2.75) is 12.5 Å². The number of hydrogen-bond acceptors (Lipinski definition) is 5. The van der Waals surface area contributed by atoms with Gasteiger partial charge in [-0.05, 0) is 10.8 Å². The number of nitrogens with zero attached hydrogens (tertiary/aromatic N) is 4. The molecule has 6 heteroatoms. The number of carbonyl (C=O) groups is 1. The van der Waals surface area contributed by atoms with Crippen molar-refractivity contribution >= 4 is 5.78 Å². The van der Waals surface area contributed by atoms with E-state index in [2.05, 4.69) is 15.4 Å². The van der Waals surface area contributed by atoms with E-state index in [1.807, 2.05) is 6.07 Å². The average molecular weight is 232 g/mol. The molecule has 0 spiro atoms. The summed E-state index contributed by atoms with van der Waals surface area (Å²) < 4.78 is 0. The average Bonchev–Trinajstić information content (AvgIpc) is 2.75. The second-order valence-corrected chi connectivity index (χ2v) is 3.65. The predicted molar refractivity (Wildman–Crippen MR) is 58.9 cm³/mol. The van der Waals surface area contributed by atoms with E-state index in [9.17, 15) is 9.90 Å². The highest BCUT2D eigenvalue weighted by Crippen LogP contribution is 2.14. The van der Waals surface area contributed by atoms with E-state index in [0.717, 1.165) is 0 Å². The highest BCUT2D eigenvalue weighted by molar-refractivity contribution is 5.85. The Labute approximate surface area is 97.9 Å². The fraction of sp³-hybridized carbons (Fsp3) is 0.273. The molecular weight excluding hydrogens is 220 g/mol. The van der Waals surface area contributed by atoms with Crippen LogP contribution in [0.4, 0.5) is 0 Å². The zero-order chi connectivity index (χ0) is 12.3. The van der Waals surface area contributed by atoms with Crippen LogP contribution in [0.5, 0.6) is 0 Å². The van der Waals surface area contributed by atoms with Gasteiger partial charge in [0, 0.05) is 0 Å². The van der Waals surface area contributed by atoms with Gasteiger partial charge in [-0.1, -0.05) is 30.3 Å². The second-order valence-electron chi connectivity index (χ2n) is 3.65. The van der Waals surface area contributed by atoms with Gasteiger partial charge < -0.3 is 5.11 Å². The van der Waals surface area contributed by atoms with Crippen LogP contribution in [-0.2, 0) is 18.3 Å². The number of benzene rings is 1. The van der Waals surface area contributed by atoms with Crippen LogP contribution in [0.3, 0.4) is 0 Å². The molecule has 0 bridgehead atoms. The zero-order valence-electron chi connectivity index (χ0n) is 9.32. The van der Waals surface area contributed by atoms with Gasteiger partial charge in [-0.15, -0.1) is 10.2 Å². The lowest BCUT2D eigenvalue weighted by molar-refractivity contribution is -0.126. The lowest BCUT2D eigenvalue weighted by atomic mass is 10.0.